The summed E-state index contributed by atoms with van der Waals surface area (Å²) in [7, 11) is 0. The molecule has 0 amide bonds. The predicted octanol–water partition coefficient (Wildman–Crippen LogP) is 3.76. The van der Waals surface area contributed by atoms with E-state index in [0.717, 1.165) is 23.8 Å². The molecule has 0 saturated heterocycles. The van der Waals surface area contributed by atoms with Gasteiger partial charge in [-0.2, -0.15) is 0 Å². The Morgan fingerprint density at radius 2 is 1.83 bits per heavy atom. The van der Waals surface area contributed by atoms with Crippen molar-refractivity contribution in [2.24, 2.45) is 5.92 Å². The number of nitrogens with zero attached hydrogens (tertiary/aromatic N) is 3. The van der Waals surface area contributed by atoms with Crippen LogP contribution in [-0.4, -0.2) is 22.6 Å². The van der Waals surface area contributed by atoms with Gasteiger partial charge in [-0.05, 0) is 39.0 Å². The molecule has 0 N–H and O–H groups in total. The van der Waals surface area contributed by atoms with Gasteiger partial charge in [-0.15, -0.1) is 0 Å². The summed E-state index contributed by atoms with van der Waals surface area (Å²) in [6.45, 7) is 9.47. The molecule has 18 heavy (non-hydrogen) atoms. The minimum absolute atomic E-state index is 0.550. The Balaban J connectivity index is 2.22. The van der Waals surface area contributed by atoms with Gasteiger partial charge in [-0.3, -0.25) is 0 Å². The van der Waals surface area contributed by atoms with Crippen molar-refractivity contribution in [2.45, 2.75) is 53.0 Å². The second-order valence-electron chi connectivity index (χ2n) is 5.62. The molecule has 100 valence electrons. The molecule has 3 nitrogen and oxygen atoms in total. The van der Waals surface area contributed by atoms with Crippen LogP contribution in [0.1, 0.15) is 44.5 Å². The normalized spacial score (nSPS) is 15.2. The van der Waals surface area contributed by atoms with Gasteiger partial charge < -0.3 is 4.90 Å². The highest BCUT2D eigenvalue weighted by atomic mass is 35.5. The molecule has 4 heteroatoms. The quantitative estimate of drug-likeness (QED) is 0.813. The summed E-state index contributed by atoms with van der Waals surface area (Å²) >= 11 is 6.27. The van der Waals surface area contributed by atoms with Gasteiger partial charge in [0.1, 0.15) is 0 Å². The summed E-state index contributed by atoms with van der Waals surface area (Å²) in [4.78, 5) is 11.4. The predicted molar refractivity (Wildman–Crippen MR) is 76.3 cm³/mol. The molecular weight excluding hydrogens is 246 g/mol. The Hall–Kier alpha value is -0.830. The molecular formula is C14H22ClN3. The Labute approximate surface area is 115 Å². The zero-order chi connectivity index (χ0) is 13.3. The summed E-state index contributed by atoms with van der Waals surface area (Å²) in [5.74, 6) is 1.58. The van der Waals surface area contributed by atoms with E-state index in [-0.39, 0.29) is 0 Å². The fourth-order valence-electron chi connectivity index (χ4n) is 1.99. The van der Waals surface area contributed by atoms with Crippen LogP contribution in [0.5, 0.6) is 0 Å². The summed E-state index contributed by atoms with van der Waals surface area (Å²) in [6.07, 6.45) is 3.67. The lowest BCUT2D eigenvalue weighted by atomic mass is 10.1. The van der Waals surface area contributed by atoms with Crippen molar-refractivity contribution in [2.75, 3.05) is 11.4 Å². The molecule has 0 spiro atoms. The van der Waals surface area contributed by atoms with E-state index >= 15 is 0 Å². The number of rotatable bonds is 5. The Bertz CT molecular complexity index is 427. The van der Waals surface area contributed by atoms with Crippen molar-refractivity contribution in [3.8, 4) is 0 Å². The van der Waals surface area contributed by atoms with Gasteiger partial charge in [0.25, 0.3) is 0 Å². The summed E-state index contributed by atoms with van der Waals surface area (Å²) in [5.41, 5.74) is 1.90. The van der Waals surface area contributed by atoms with E-state index in [2.05, 4.69) is 28.7 Å². The van der Waals surface area contributed by atoms with Crippen LogP contribution in [0.3, 0.4) is 0 Å². The van der Waals surface area contributed by atoms with Gasteiger partial charge in [0.15, 0.2) is 11.0 Å². The molecule has 1 fully saturated rings. The Morgan fingerprint density at radius 1 is 1.22 bits per heavy atom. The molecule has 1 saturated carbocycles. The molecule has 1 aromatic heterocycles. The summed E-state index contributed by atoms with van der Waals surface area (Å²) in [5, 5.41) is 0.550. The molecule has 0 unspecified atom stereocenters. The maximum atomic E-state index is 6.27. The van der Waals surface area contributed by atoms with Gasteiger partial charge in [0, 0.05) is 12.6 Å². The first-order valence-corrected chi connectivity index (χ1v) is 7.14. The number of hydrogen-bond donors (Lipinski definition) is 0. The number of aryl methyl sites for hydroxylation is 2. The lowest BCUT2D eigenvalue weighted by Crippen LogP contribution is -2.29. The molecule has 1 aromatic rings. The lowest BCUT2D eigenvalue weighted by Gasteiger charge is -2.25. The zero-order valence-corrected chi connectivity index (χ0v) is 12.5. The van der Waals surface area contributed by atoms with E-state index in [9.17, 15) is 0 Å². The highest BCUT2D eigenvalue weighted by Crippen LogP contribution is 2.34. The van der Waals surface area contributed by atoms with E-state index in [0.29, 0.717) is 17.1 Å². The van der Waals surface area contributed by atoms with Crippen LogP contribution < -0.4 is 4.90 Å². The standard InChI is InChI=1S/C14H22ClN3/c1-9(2)7-8-18(12-5-6-12)14-13(15)16-10(3)11(4)17-14/h9,12H,5-8H2,1-4H3. The van der Waals surface area contributed by atoms with Crippen LogP contribution in [0, 0.1) is 19.8 Å². The van der Waals surface area contributed by atoms with Gasteiger partial charge in [-0.1, -0.05) is 25.4 Å². The molecule has 2 rings (SSSR count). The van der Waals surface area contributed by atoms with Crippen molar-refractivity contribution < 1.29 is 0 Å². The van der Waals surface area contributed by atoms with Crippen LogP contribution in [0.2, 0.25) is 5.15 Å². The third kappa shape index (κ3) is 3.14. The minimum Gasteiger partial charge on any atom is -0.351 e. The molecule has 1 heterocycles. The first-order valence-electron chi connectivity index (χ1n) is 6.76. The fraction of sp³-hybridized carbons (Fsp3) is 0.714. The second kappa shape index (κ2) is 5.43. The molecule has 0 bridgehead atoms. The monoisotopic (exact) mass is 267 g/mol. The van der Waals surface area contributed by atoms with Crippen LogP contribution in [0.25, 0.3) is 0 Å². The molecule has 1 aliphatic rings. The first-order chi connectivity index (χ1) is 8.49. The average molecular weight is 268 g/mol. The number of hydrogen-bond acceptors (Lipinski definition) is 3. The van der Waals surface area contributed by atoms with Crippen molar-refractivity contribution in [3.05, 3.63) is 16.5 Å². The third-order valence-electron chi connectivity index (χ3n) is 3.45. The SMILES string of the molecule is Cc1nc(Cl)c(N(CCC(C)C)C2CC2)nc1C. The van der Waals surface area contributed by atoms with E-state index in [4.69, 9.17) is 11.6 Å². The molecule has 0 aliphatic heterocycles. The highest BCUT2D eigenvalue weighted by molar-refractivity contribution is 6.31. The number of aromatic nitrogens is 2. The maximum Gasteiger partial charge on any atom is 0.171 e. The van der Waals surface area contributed by atoms with Crippen molar-refractivity contribution in [1.29, 1.82) is 0 Å². The van der Waals surface area contributed by atoms with Crippen molar-refractivity contribution in [1.82, 2.24) is 9.97 Å². The second-order valence-corrected chi connectivity index (χ2v) is 5.97. The number of halogens is 1. The first kappa shape index (κ1) is 13.6. The van der Waals surface area contributed by atoms with Crippen molar-refractivity contribution >= 4 is 17.4 Å². The fourth-order valence-corrected chi connectivity index (χ4v) is 2.27. The average Bonchev–Trinajstić information content (AvgIpc) is 3.09. The van der Waals surface area contributed by atoms with E-state index < -0.39 is 0 Å². The summed E-state index contributed by atoms with van der Waals surface area (Å²) in [6, 6.07) is 0.623. The highest BCUT2D eigenvalue weighted by Gasteiger charge is 2.31. The molecule has 0 atom stereocenters. The van der Waals surface area contributed by atoms with Gasteiger partial charge in [0.05, 0.1) is 11.4 Å². The van der Waals surface area contributed by atoms with Crippen molar-refractivity contribution in [3.63, 3.8) is 0 Å². The van der Waals surface area contributed by atoms with Gasteiger partial charge in [0.2, 0.25) is 0 Å². The number of anilines is 1. The molecule has 0 radical (unpaired) electrons. The molecule has 1 aliphatic carbocycles. The van der Waals surface area contributed by atoms with Gasteiger partial charge >= 0.3 is 0 Å². The van der Waals surface area contributed by atoms with Crippen LogP contribution in [0.15, 0.2) is 0 Å². The maximum absolute atomic E-state index is 6.27. The van der Waals surface area contributed by atoms with Crippen LogP contribution >= 0.6 is 11.6 Å². The minimum atomic E-state index is 0.550. The third-order valence-corrected chi connectivity index (χ3v) is 3.71. The topological polar surface area (TPSA) is 29.0 Å². The van der Waals surface area contributed by atoms with Crippen LogP contribution in [-0.2, 0) is 0 Å². The Morgan fingerprint density at radius 3 is 2.39 bits per heavy atom. The van der Waals surface area contributed by atoms with Gasteiger partial charge in [-0.25, -0.2) is 9.97 Å². The van der Waals surface area contributed by atoms with Crippen LogP contribution in [0.4, 0.5) is 5.82 Å². The summed E-state index contributed by atoms with van der Waals surface area (Å²) < 4.78 is 0. The van der Waals surface area contributed by atoms with E-state index in [1.54, 1.807) is 0 Å². The molecule has 0 aromatic carbocycles. The van der Waals surface area contributed by atoms with E-state index in [1.165, 1.54) is 19.3 Å². The zero-order valence-electron chi connectivity index (χ0n) is 11.7. The van der Waals surface area contributed by atoms with E-state index in [1.807, 2.05) is 13.8 Å². The smallest absolute Gasteiger partial charge is 0.171 e. The lowest BCUT2D eigenvalue weighted by molar-refractivity contribution is 0.568. The largest absolute Gasteiger partial charge is 0.351 e. The Kier molecular flexibility index (Phi) is 4.10.